The highest BCUT2D eigenvalue weighted by Gasteiger charge is 2.23. The Hall–Kier alpha value is -2.86. The first-order chi connectivity index (χ1) is 15.7. The lowest BCUT2D eigenvalue weighted by atomic mass is 10.1. The minimum Gasteiger partial charge on any atom is -0.368 e. The monoisotopic (exact) mass is 431 g/mol. The first kappa shape index (κ1) is 21.0. The number of para-hydroxylation sites is 2. The summed E-state index contributed by atoms with van der Waals surface area (Å²) in [6.07, 6.45) is 5.05. The Morgan fingerprint density at radius 2 is 1.62 bits per heavy atom. The predicted molar refractivity (Wildman–Crippen MR) is 130 cm³/mol. The van der Waals surface area contributed by atoms with E-state index in [1.54, 1.807) is 0 Å². The third-order valence-corrected chi connectivity index (χ3v) is 6.95. The van der Waals surface area contributed by atoms with E-state index in [1.165, 1.54) is 31.4 Å². The highest BCUT2D eigenvalue weighted by atomic mass is 16.2. The number of piperazine rings is 1. The maximum Gasteiger partial charge on any atom is 0.236 e. The van der Waals surface area contributed by atoms with Crippen LogP contribution in [0.4, 0.5) is 5.69 Å². The second-order valence-electron chi connectivity index (χ2n) is 9.09. The minimum absolute atomic E-state index is 0.292. The second-order valence-corrected chi connectivity index (χ2v) is 9.09. The van der Waals surface area contributed by atoms with Gasteiger partial charge in [0.2, 0.25) is 5.91 Å². The van der Waals surface area contributed by atoms with Crippen molar-refractivity contribution in [2.45, 2.75) is 25.7 Å². The fraction of sp³-hybridized carbons (Fsp3) is 0.462. The van der Waals surface area contributed by atoms with E-state index in [0.29, 0.717) is 12.5 Å². The normalized spacial score (nSPS) is 18.2. The van der Waals surface area contributed by atoms with Crippen LogP contribution in [0.1, 0.15) is 25.7 Å². The number of aromatic nitrogens is 2. The third kappa shape index (κ3) is 4.37. The molecule has 0 aliphatic carbocycles. The van der Waals surface area contributed by atoms with Crippen LogP contribution in [0, 0.1) is 0 Å². The molecule has 6 nitrogen and oxygen atoms in total. The number of fused-ring (bicyclic) bond motifs is 1. The van der Waals surface area contributed by atoms with E-state index >= 15 is 0 Å². The molecule has 0 N–H and O–H groups in total. The fourth-order valence-corrected chi connectivity index (χ4v) is 5.05. The highest BCUT2D eigenvalue weighted by Crippen LogP contribution is 2.27. The summed E-state index contributed by atoms with van der Waals surface area (Å²) in [5, 5.41) is 0. The number of nitrogens with zero attached hydrogens (tertiary/aromatic N) is 5. The highest BCUT2D eigenvalue weighted by molar-refractivity contribution is 5.81. The number of anilines is 1. The fourth-order valence-electron chi connectivity index (χ4n) is 5.05. The van der Waals surface area contributed by atoms with Gasteiger partial charge in [0.25, 0.3) is 0 Å². The number of rotatable bonds is 4. The van der Waals surface area contributed by atoms with Crippen molar-refractivity contribution in [3.8, 4) is 11.4 Å². The first-order valence-corrected chi connectivity index (χ1v) is 12.0. The molecule has 1 amide bonds. The van der Waals surface area contributed by atoms with Crippen LogP contribution in [0.2, 0.25) is 0 Å². The summed E-state index contributed by atoms with van der Waals surface area (Å²) < 4.78 is 2.16. The lowest BCUT2D eigenvalue weighted by molar-refractivity contribution is -0.132. The van der Waals surface area contributed by atoms with E-state index in [1.807, 2.05) is 6.07 Å². The molecule has 2 saturated heterocycles. The molecule has 2 aliphatic heterocycles. The average Bonchev–Trinajstić information content (AvgIpc) is 2.98. The number of benzene rings is 2. The van der Waals surface area contributed by atoms with E-state index in [0.717, 1.165) is 61.7 Å². The van der Waals surface area contributed by atoms with Crippen LogP contribution in [-0.2, 0) is 11.8 Å². The number of carbonyl (C=O) groups is 1. The number of carbonyl (C=O) groups excluding carboxylic acids is 1. The van der Waals surface area contributed by atoms with Gasteiger partial charge in [0.15, 0.2) is 0 Å². The maximum absolute atomic E-state index is 12.8. The summed E-state index contributed by atoms with van der Waals surface area (Å²) in [5.41, 5.74) is 4.49. The molecule has 0 unspecified atom stereocenters. The summed E-state index contributed by atoms with van der Waals surface area (Å²) in [6, 6.07) is 16.9. The van der Waals surface area contributed by atoms with Gasteiger partial charge >= 0.3 is 0 Å². The van der Waals surface area contributed by atoms with E-state index in [9.17, 15) is 4.79 Å². The van der Waals surface area contributed by atoms with Gasteiger partial charge in [-0.05, 0) is 50.2 Å². The lowest BCUT2D eigenvalue weighted by Gasteiger charge is -2.37. The van der Waals surface area contributed by atoms with Gasteiger partial charge in [-0.15, -0.1) is 0 Å². The Kier molecular flexibility index (Phi) is 6.12. The van der Waals surface area contributed by atoms with Crippen LogP contribution in [0.5, 0.6) is 0 Å². The molecular formula is C26H33N5O. The van der Waals surface area contributed by atoms with Crippen molar-refractivity contribution in [1.29, 1.82) is 0 Å². The van der Waals surface area contributed by atoms with Crippen LogP contribution < -0.4 is 4.90 Å². The summed E-state index contributed by atoms with van der Waals surface area (Å²) in [5.74, 6) is 1.28. The molecule has 6 heteroatoms. The molecule has 2 fully saturated rings. The van der Waals surface area contributed by atoms with E-state index < -0.39 is 0 Å². The smallest absolute Gasteiger partial charge is 0.236 e. The van der Waals surface area contributed by atoms with E-state index in [2.05, 4.69) is 68.8 Å². The van der Waals surface area contributed by atoms with Crippen LogP contribution in [0.3, 0.4) is 0 Å². The zero-order valence-corrected chi connectivity index (χ0v) is 19.0. The molecule has 0 atom stereocenters. The molecule has 0 bridgehead atoms. The molecule has 1 aromatic heterocycles. The molecule has 0 saturated carbocycles. The van der Waals surface area contributed by atoms with Gasteiger partial charge in [-0.1, -0.05) is 37.1 Å². The number of likely N-dealkylation sites (tertiary alicyclic amines) is 1. The number of hydrogen-bond donors (Lipinski definition) is 0. The second kappa shape index (κ2) is 9.33. The molecule has 2 aromatic carbocycles. The van der Waals surface area contributed by atoms with Gasteiger partial charge in [-0.2, -0.15) is 0 Å². The molecule has 0 spiro atoms. The Morgan fingerprint density at radius 1 is 0.875 bits per heavy atom. The van der Waals surface area contributed by atoms with Crippen LogP contribution in [0.15, 0.2) is 48.5 Å². The van der Waals surface area contributed by atoms with Crippen molar-refractivity contribution in [2.75, 3.05) is 50.7 Å². The summed E-state index contributed by atoms with van der Waals surface area (Å²) >= 11 is 0. The van der Waals surface area contributed by atoms with E-state index in [4.69, 9.17) is 4.98 Å². The first-order valence-electron chi connectivity index (χ1n) is 12.0. The molecule has 3 aromatic rings. The van der Waals surface area contributed by atoms with Crippen LogP contribution >= 0.6 is 0 Å². The van der Waals surface area contributed by atoms with Crippen molar-refractivity contribution in [3.63, 3.8) is 0 Å². The van der Waals surface area contributed by atoms with Crippen molar-refractivity contribution >= 4 is 22.6 Å². The Balaban J connectivity index is 1.24. The zero-order chi connectivity index (χ0) is 21.9. The molecular weight excluding hydrogens is 398 g/mol. The van der Waals surface area contributed by atoms with Crippen molar-refractivity contribution in [2.24, 2.45) is 7.05 Å². The molecule has 5 rings (SSSR count). The number of imidazole rings is 1. The van der Waals surface area contributed by atoms with Gasteiger partial charge in [0, 0.05) is 44.5 Å². The number of aryl methyl sites for hydroxylation is 1. The number of hydrogen-bond acceptors (Lipinski definition) is 4. The Labute approximate surface area is 190 Å². The molecule has 168 valence electrons. The lowest BCUT2D eigenvalue weighted by Crippen LogP contribution is -2.51. The van der Waals surface area contributed by atoms with Crippen molar-refractivity contribution in [3.05, 3.63) is 48.5 Å². The van der Waals surface area contributed by atoms with Crippen LogP contribution in [0.25, 0.3) is 22.4 Å². The maximum atomic E-state index is 12.8. The molecule has 3 heterocycles. The predicted octanol–water partition coefficient (Wildman–Crippen LogP) is 3.76. The number of amides is 1. The summed E-state index contributed by atoms with van der Waals surface area (Å²) in [6.45, 7) is 6.06. The summed E-state index contributed by atoms with van der Waals surface area (Å²) in [7, 11) is 2.08. The minimum atomic E-state index is 0.292. The van der Waals surface area contributed by atoms with Crippen LogP contribution in [-0.4, -0.2) is 71.1 Å². The summed E-state index contributed by atoms with van der Waals surface area (Å²) in [4.78, 5) is 24.5. The molecule has 0 radical (unpaired) electrons. The third-order valence-electron chi connectivity index (χ3n) is 6.95. The van der Waals surface area contributed by atoms with Gasteiger partial charge in [0.1, 0.15) is 5.82 Å². The zero-order valence-electron chi connectivity index (χ0n) is 19.0. The van der Waals surface area contributed by atoms with Gasteiger partial charge in [0.05, 0.1) is 17.6 Å². The quantitative estimate of drug-likeness (QED) is 0.631. The molecule has 32 heavy (non-hydrogen) atoms. The van der Waals surface area contributed by atoms with Gasteiger partial charge in [-0.3, -0.25) is 9.69 Å². The Bertz CT molecular complexity index is 1070. The Morgan fingerprint density at radius 3 is 2.38 bits per heavy atom. The standard InChI is InChI=1S/C26H33N5O/c1-28-24-12-5-4-11-23(24)27-26(28)21-9-8-10-22(19-21)30-15-17-31(18-16-30)25(32)20-29-13-6-2-3-7-14-29/h4-5,8-12,19H,2-3,6-7,13-18,20H2,1H3. The molecule has 2 aliphatic rings. The van der Waals surface area contributed by atoms with Gasteiger partial charge in [-0.25, -0.2) is 4.98 Å². The largest absolute Gasteiger partial charge is 0.368 e. The van der Waals surface area contributed by atoms with Crippen molar-refractivity contribution in [1.82, 2.24) is 19.4 Å². The topological polar surface area (TPSA) is 44.6 Å². The van der Waals surface area contributed by atoms with E-state index in [-0.39, 0.29) is 0 Å². The van der Waals surface area contributed by atoms with Gasteiger partial charge < -0.3 is 14.4 Å². The SMILES string of the molecule is Cn1c(-c2cccc(N3CCN(C(=O)CN4CCCCCC4)CC3)c2)nc2ccccc21. The van der Waals surface area contributed by atoms with Crippen molar-refractivity contribution < 1.29 is 4.79 Å². The average molecular weight is 432 g/mol.